The Balaban J connectivity index is 1.34. The van der Waals surface area contributed by atoms with Gasteiger partial charge in [0.2, 0.25) is 0 Å². The van der Waals surface area contributed by atoms with E-state index in [4.69, 9.17) is 14.4 Å². The van der Waals surface area contributed by atoms with Crippen LogP contribution in [0.3, 0.4) is 0 Å². The average molecular weight is 523 g/mol. The number of rotatable bonds is 3. The molecule has 0 atom stereocenters. The maximum atomic E-state index is 6.25. The lowest BCUT2D eigenvalue weighted by Crippen LogP contribution is -1.96. The summed E-state index contributed by atoms with van der Waals surface area (Å²) in [5, 5.41) is 7.18. The molecule has 0 spiro atoms. The summed E-state index contributed by atoms with van der Waals surface area (Å²) in [5.41, 5.74) is 9.78. The lowest BCUT2D eigenvalue weighted by atomic mass is 9.92. The molecule has 3 heteroatoms. The number of aromatic nitrogens is 2. The molecule has 0 bridgehead atoms. The first kappa shape index (κ1) is 22.3. The monoisotopic (exact) mass is 522 g/mol. The van der Waals surface area contributed by atoms with E-state index < -0.39 is 0 Å². The third kappa shape index (κ3) is 3.33. The minimum atomic E-state index is 0.875. The lowest BCUT2D eigenvalue weighted by Gasteiger charge is -2.14. The van der Waals surface area contributed by atoms with Crippen LogP contribution in [0.5, 0.6) is 0 Å². The lowest BCUT2D eigenvalue weighted by molar-refractivity contribution is 0.669. The van der Waals surface area contributed by atoms with Crippen LogP contribution in [0, 0.1) is 0 Å². The van der Waals surface area contributed by atoms with E-state index in [0.717, 1.165) is 50.3 Å². The van der Waals surface area contributed by atoms with Crippen LogP contribution in [0.4, 0.5) is 0 Å². The van der Waals surface area contributed by atoms with Crippen molar-refractivity contribution in [2.75, 3.05) is 0 Å². The Morgan fingerprint density at radius 1 is 0.366 bits per heavy atom. The number of benzene rings is 7. The second-order valence-electron chi connectivity index (χ2n) is 10.6. The molecule has 41 heavy (non-hydrogen) atoms. The first-order chi connectivity index (χ1) is 20.3. The fraction of sp³-hybridized carbons (Fsp3) is 0. The summed E-state index contributed by atoms with van der Waals surface area (Å²) in [6.07, 6.45) is 0. The third-order valence-electron chi connectivity index (χ3n) is 8.21. The van der Waals surface area contributed by atoms with Crippen LogP contribution in [0.2, 0.25) is 0 Å². The van der Waals surface area contributed by atoms with E-state index in [1.54, 1.807) is 0 Å². The summed E-state index contributed by atoms with van der Waals surface area (Å²) in [6.45, 7) is 0. The number of para-hydroxylation sites is 2. The van der Waals surface area contributed by atoms with Gasteiger partial charge in [-0.1, -0.05) is 97.1 Å². The molecule has 0 aliphatic heterocycles. The molecule has 0 fully saturated rings. The van der Waals surface area contributed by atoms with Crippen LogP contribution in [0.15, 0.2) is 138 Å². The van der Waals surface area contributed by atoms with Gasteiger partial charge < -0.3 is 4.42 Å². The van der Waals surface area contributed by atoms with Crippen LogP contribution in [-0.4, -0.2) is 9.97 Å². The molecular weight excluding hydrogens is 500 g/mol. The Kier molecular flexibility index (Phi) is 4.61. The first-order valence-electron chi connectivity index (χ1n) is 13.8. The molecule has 0 aliphatic rings. The van der Waals surface area contributed by atoms with E-state index in [-0.39, 0.29) is 0 Å². The van der Waals surface area contributed by atoms with E-state index in [0.29, 0.717) is 0 Å². The van der Waals surface area contributed by atoms with Gasteiger partial charge in [0.15, 0.2) is 0 Å². The molecule has 2 heterocycles. The minimum absolute atomic E-state index is 0.875. The summed E-state index contributed by atoms with van der Waals surface area (Å²) in [5.74, 6) is 0. The van der Waals surface area contributed by atoms with Gasteiger partial charge >= 0.3 is 0 Å². The van der Waals surface area contributed by atoms with Crippen molar-refractivity contribution in [2.24, 2.45) is 0 Å². The second kappa shape index (κ2) is 8.48. The van der Waals surface area contributed by atoms with Gasteiger partial charge in [-0.25, -0.2) is 9.97 Å². The van der Waals surface area contributed by atoms with Crippen molar-refractivity contribution in [1.82, 2.24) is 9.97 Å². The van der Waals surface area contributed by atoms with Crippen molar-refractivity contribution in [2.45, 2.75) is 0 Å². The molecule has 2 aromatic heterocycles. The summed E-state index contributed by atoms with van der Waals surface area (Å²) < 4.78 is 6.25. The van der Waals surface area contributed by atoms with E-state index in [9.17, 15) is 0 Å². The standard InChI is InChI=1S/C38H22N2O/c1-2-9-23(10-3-1)24-11-6-12-25(21-24)37-38(40-32-16-5-4-15-31(32)39-37)26-19-20-27-28-13-7-17-33-35(28)36-29(30(27)22-26)14-8-18-34(36)41-33/h1-22H. The van der Waals surface area contributed by atoms with Crippen molar-refractivity contribution in [3.8, 4) is 33.6 Å². The number of nitrogens with zero attached hydrogens (tertiary/aromatic N) is 2. The topological polar surface area (TPSA) is 38.9 Å². The van der Waals surface area contributed by atoms with Crippen molar-refractivity contribution in [1.29, 1.82) is 0 Å². The van der Waals surface area contributed by atoms with E-state index in [2.05, 4.69) is 103 Å². The Morgan fingerprint density at radius 3 is 1.63 bits per heavy atom. The van der Waals surface area contributed by atoms with E-state index in [1.807, 2.05) is 30.3 Å². The number of fused-ring (bicyclic) bond motifs is 4. The van der Waals surface area contributed by atoms with Crippen molar-refractivity contribution in [3.63, 3.8) is 0 Å². The fourth-order valence-electron chi connectivity index (χ4n) is 6.34. The highest BCUT2D eigenvalue weighted by molar-refractivity contribution is 6.33. The van der Waals surface area contributed by atoms with E-state index in [1.165, 1.54) is 37.9 Å². The summed E-state index contributed by atoms with van der Waals surface area (Å²) in [4.78, 5) is 10.4. The smallest absolute Gasteiger partial charge is 0.136 e. The largest absolute Gasteiger partial charge is 0.456 e. The van der Waals surface area contributed by atoms with Crippen LogP contribution in [0.25, 0.3) is 88.2 Å². The number of hydrogen-bond acceptors (Lipinski definition) is 3. The van der Waals surface area contributed by atoms with Crippen molar-refractivity contribution in [3.05, 3.63) is 133 Å². The highest BCUT2D eigenvalue weighted by Crippen LogP contribution is 2.44. The molecule has 0 aliphatic carbocycles. The molecule has 9 aromatic rings. The van der Waals surface area contributed by atoms with Crippen LogP contribution >= 0.6 is 0 Å². The maximum absolute atomic E-state index is 6.25. The molecule has 0 radical (unpaired) electrons. The number of hydrogen-bond donors (Lipinski definition) is 0. The molecule has 0 amide bonds. The van der Waals surface area contributed by atoms with Gasteiger partial charge in [0, 0.05) is 21.9 Å². The van der Waals surface area contributed by atoms with Gasteiger partial charge in [-0.05, 0) is 69.1 Å². The predicted molar refractivity (Wildman–Crippen MR) is 169 cm³/mol. The molecule has 9 rings (SSSR count). The highest BCUT2D eigenvalue weighted by Gasteiger charge is 2.19. The van der Waals surface area contributed by atoms with Gasteiger partial charge in [-0.3, -0.25) is 0 Å². The van der Waals surface area contributed by atoms with Crippen LogP contribution < -0.4 is 0 Å². The van der Waals surface area contributed by atoms with Crippen molar-refractivity contribution < 1.29 is 4.42 Å². The molecule has 0 unspecified atom stereocenters. The fourth-order valence-corrected chi connectivity index (χ4v) is 6.34. The van der Waals surface area contributed by atoms with Gasteiger partial charge in [-0.15, -0.1) is 0 Å². The molecule has 7 aromatic carbocycles. The Bertz CT molecular complexity index is 2420. The molecular formula is C38H22N2O. The predicted octanol–water partition coefficient (Wildman–Crippen LogP) is 10.3. The van der Waals surface area contributed by atoms with Gasteiger partial charge in [0.25, 0.3) is 0 Å². The number of furan rings is 1. The zero-order valence-electron chi connectivity index (χ0n) is 22.0. The zero-order chi connectivity index (χ0) is 26.9. The summed E-state index contributed by atoms with van der Waals surface area (Å²) in [6, 6.07) is 46.5. The normalized spacial score (nSPS) is 11.9. The SMILES string of the molecule is c1ccc(-c2cccc(-c3nc4ccccc4nc3-c3ccc4c(c3)c3cccc5oc6cccc4c6c53)c2)cc1. The summed E-state index contributed by atoms with van der Waals surface area (Å²) >= 11 is 0. The Labute approximate surface area is 235 Å². The molecule has 0 saturated carbocycles. The summed E-state index contributed by atoms with van der Waals surface area (Å²) in [7, 11) is 0. The Hall–Kier alpha value is -5.54. The average Bonchev–Trinajstić information content (AvgIpc) is 3.44. The maximum Gasteiger partial charge on any atom is 0.136 e. The highest BCUT2D eigenvalue weighted by atomic mass is 16.3. The Morgan fingerprint density at radius 2 is 0.927 bits per heavy atom. The van der Waals surface area contributed by atoms with Gasteiger partial charge in [-0.2, -0.15) is 0 Å². The molecule has 0 saturated heterocycles. The van der Waals surface area contributed by atoms with Gasteiger partial charge in [0.1, 0.15) is 11.2 Å². The first-order valence-corrected chi connectivity index (χ1v) is 13.8. The minimum Gasteiger partial charge on any atom is -0.456 e. The molecule has 0 N–H and O–H groups in total. The zero-order valence-corrected chi connectivity index (χ0v) is 22.0. The van der Waals surface area contributed by atoms with E-state index >= 15 is 0 Å². The molecule has 3 nitrogen and oxygen atoms in total. The van der Waals surface area contributed by atoms with Crippen molar-refractivity contribution >= 4 is 54.5 Å². The van der Waals surface area contributed by atoms with Crippen LogP contribution in [0.1, 0.15) is 0 Å². The quantitative estimate of drug-likeness (QED) is 0.217. The van der Waals surface area contributed by atoms with Gasteiger partial charge in [0.05, 0.1) is 22.4 Å². The van der Waals surface area contributed by atoms with Crippen LogP contribution in [-0.2, 0) is 0 Å². The third-order valence-corrected chi connectivity index (χ3v) is 8.21. The molecule has 190 valence electrons. The second-order valence-corrected chi connectivity index (χ2v) is 10.6.